The maximum Gasteiger partial charge on any atom is 0.406 e. The third kappa shape index (κ3) is 6.23. The summed E-state index contributed by atoms with van der Waals surface area (Å²) in [5.41, 5.74) is 5.17. The van der Waals surface area contributed by atoms with Crippen molar-refractivity contribution in [3.05, 3.63) is 0 Å². The average molecular weight is 268 g/mol. The predicted octanol–water partition coefficient (Wildman–Crippen LogP) is 2.41. The number of nitrogens with two attached hydrogens (primary N) is 1. The van der Waals surface area contributed by atoms with Gasteiger partial charge in [-0.2, -0.15) is 13.2 Å². The van der Waals surface area contributed by atoms with E-state index in [1.165, 1.54) is 0 Å². The number of carbonyl (C=O) groups excluding carboxylic acids is 1. The Morgan fingerprint density at radius 3 is 1.94 bits per heavy atom. The van der Waals surface area contributed by atoms with Gasteiger partial charge in [0.1, 0.15) is 6.54 Å². The van der Waals surface area contributed by atoms with E-state index in [0.29, 0.717) is 0 Å². The van der Waals surface area contributed by atoms with Gasteiger partial charge in [0.05, 0.1) is 6.04 Å². The van der Waals surface area contributed by atoms with Gasteiger partial charge in [-0.05, 0) is 11.3 Å². The van der Waals surface area contributed by atoms with Gasteiger partial charge in [0.15, 0.2) is 0 Å². The van der Waals surface area contributed by atoms with E-state index >= 15 is 0 Å². The minimum absolute atomic E-state index is 0.0385. The fourth-order valence-electron chi connectivity index (χ4n) is 1.46. The van der Waals surface area contributed by atoms with Gasteiger partial charge >= 0.3 is 6.18 Å². The second-order valence-electron chi connectivity index (χ2n) is 6.07. The predicted molar refractivity (Wildman–Crippen MR) is 64.9 cm³/mol. The SMILES string of the molecule is CC(C)CN(CC(F)(F)F)C(=O)[C@@H](N)C(C)(C)C. The molecule has 108 valence electrons. The zero-order valence-electron chi connectivity index (χ0n) is 11.6. The fourth-order valence-corrected chi connectivity index (χ4v) is 1.46. The molecule has 18 heavy (non-hydrogen) atoms. The first kappa shape index (κ1) is 17.2. The molecule has 1 atom stereocenters. The fraction of sp³-hybridized carbons (Fsp3) is 0.917. The molecule has 0 fully saturated rings. The summed E-state index contributed by atoms with van der Waals surface area (Å²) in [6.07, 6.45) is -4.40. The van der Waals surface area contributed by atoms with Crippen molar-refractivity contribution in [2.24, 2.45) is 17.1 Å². The zero-order valence-corrected chi connectivity index (χ0v) is 11.6. The Morgan fingerprint density at radius 1 is 1.22 bits per heavy atom. The first-order valence-corrected chi connectivity index (χ1v) is 5.95. The van der Waals surface area contributed by atoms with Crippen molar-refractivity contribution < 1.29 is 18.0 Å². The molecule has 0 saturated heterocycles. The smallest absolute Gasteiger partial charge is 0.332 e. The molecule has 0 unspecified atom stereocenters. The van der Waals surface area contributed by atoms with Crippen molar-refractivity contribution in [2.45, 2.75) is 46.8 Å². The lowest BCUT2D eigenvalue weighted by Crippen LogP contribution is -2.53. The van der Waals surface area contributed by atoms with Gasteiger partial charge < -0.3 is 10.6 Å². The molecule has 0 aromatic carbocycles. The summed E-state index contributed by atoms with van der Waals surface area (Å²) < 4.78 is 37.3. The van der Waals surface area contributed by atoms with E-state index in [2.05, 4.69) is 0 Å². The van der Waals surface area contributed by atoms with Crippen molar-refractivity contribution >= 4 is 5.91 Å². The summed E-state index contributed by atoms with van der Waals surface area (Å²) in [4.78, 5) is 12.8. The Kier molecular flexibility index (Phi) is 5.65. The molecule has 2 N–H and O–H groups in total. The second kappa shape index (κ2) is 5.91. The number of carbonyl (C=O) groups is 1. The Balaban J connectivity index is 4.91. The van der Waals surface area contributed by atoms with Crippen molar-refractivity contribution in [3.8, 4) is 0 Å². The van der Waals surface area contributed by atoms with Crippen LogP contribution < -0.4 is 5.73 Å². The van der Waals surface area contributed by atoms with Gasteiger partial charge in [0.25, 0.3) is 0 Å². The highest BCUT2D eigenvalue weighted by Gasteiger charge is 2.37. The van der Waals surface area contributed by atoms with Crippen molar-refractivity contribution in [1.29, 1.82) is 0 Å². The molecule has 0 aromatic rings. The molecule has 0 saturated carbocycles. The van der Waals surface area contributed by atoms with Crippen LogP contribution in [0.5, 0.6) is 0 Å². The normalized spacial score (nSPS) is 14.8. The Hall–Kier alpha value is -0.780. The summed E-state index contributed by atoms with van der Waals surface area (Å²) in [6, 6.07) is -0.932. The molecule has 0 radical (unpaired) electrons. The molecule has 1 amide bonds. The number of alkyl halides is 3. The highest BCUT2D eigenvalue weighted by atomic mass is 19.4. The maximum atomic E-state index is 12.4. The van der Waals surface area contributed by atoms with Crippen LogP contribution >= 0.6 is 0 Å². The van der Waals surface area contributed by atoms with Crippen LogP contribution in [0.4, 0.5) is 13.2 Å². The van der Waals surface area contributed by atoms with Crippen LogP contribution in [-0.4, -0.2) is 36.1 Å². The largest absolute Gasteiger partial charge is 0.406 e. The number of nitrogens with zero attached hydrogens (tertiary/aromatic N) is 1. The lowest BCUT2D eigenvalue weighted by Gasteiger charge is -2.33. The minimum Gasteiger partial charge on any atom is -0.332 e. The minimum atomic E-state index is -4.40. The van der Waals surface area contributed by atoms with Crippen molar-refractivity contribution in [3.63, 3.8) is 0 Å². The van der Waals surface area contributed by atoms with Crippen LogP contribution in [0.15, 0.2) is 0 Å². The van der Waals surface area contributed by atoms with E-state index in [4.69, 9.17) is 5.73 Å². The van der Waals surface area contributed by atoms with E-state index < -0.39 is 30.1 Å². The summed E-state index contributed by atoms with van der Waals surface area (Å²) in [5, 5.41) is 0. The molecular formula is C12H23F3N2O. The molecule has 0 aliphatic heterocycles. The van der Waals surface area contributed by atoms with Crippen LogP contribution in [0.3, 0.4) is 0 Å². The number of amides is 1. The van der Waals surface area contributed by atoms with Gasteiger partial charge in [0.2, 0.25) is 5.91 Å². The highest BCUT2D eigenvalue weighted by Crippen LogP contribution is 2.22. The van der Waals surface area contributed by atoms with E-state index in [0.717, 1.165) is 4.90 Å². The molecule has 0 rings (SSSR count). The monoisotopic (exact) mass is 268 g/mol. The number of rotatable bonds is 4. The van der Waals surface area contributed by atoms with E-state index in [1.807, 2.05) is 0 Å². The van der Waals surface area contributed by atoms with E-state index in [9.17, 15) is 18.0 Å². The van der Waals surface area contributed by atoms with Gasteiger partial charge in [-0.3, -0.25) is 4.79 Å². The quantitative estimate of drug-likeness (QED) is 0.851. The average Bonchev–Trinajstić information content (AvgIpc) is 2.09. The molecular weight excluding hydrogens is 245 g/mol. The van der Waals surface area contributed by atoms with Gasteiger partial charge in [0, 0.05) is 6.54 Å². The van der Waals surface area contributed by atoms with Crippen LogP contribution in [0, 0.1) is 11.3 Å². The van der Waals surface area contributed by atoms with Gasteiger partial charge in [-0.15, -0.1) is 0 Å². The lowest BCUT2D eigenvalue weighted by molar-refractivity contribution is -0.164. The van der Waals surface area contributed by atoms with Crippen LogP contribution in [-0.2, 0) is 4.79 Å². The molecule has 0 heterocycles. The van der Waals surface area contributed by atoms with E-state index in [1.54, 1.807) is 34.6 Å². The van der Waals surface area contributed by atoms with Crippen LogP contribution in [0.1, 0.15) is 34.6 Å². The molecule has 0 aliphatic carbocycles. The third-order valence-electron chi connectivity index (χ3n) is 2.47. The Labute approximate surface area is 107 Å². The zero-order chi connectivity index (χ0) is 14.7. The van der Waals surface area contributed by atoms with Crippen LogP contribution in [0.2, 0.25) is 0 Å². The molecule has 0 aromatic heterocycles. The first-order valence-electron chi connectivity index (χ1n) is 5.95. The summed E-state index contributed by atoms with van der Waals surface area (Å²) in [5.74, 6) is -0.683. The molecule has 0 bridgehead atoms. The lowest BCUT2D eigenvalue weighted by atomic mass is 9.86. The van der Waals surface area contributed by atoms with Crippen molar-refractivity contribution in [1.82, 2.24) is 4.90 Å². The maximum absolute atomic E-state index is 12.4. The molecule has 0 spiro atoms. The number of hydrogen-bond acceptors (Lipinski definition) is 2. The number of halogens is 3. The van der Waals surface area contributed by atoms with Gasteiger partial charge in [-0.1, -0.05) is 34.6 Å². The Morgan fingerprint density at radius 2 is 1.67 bits per heavy atom. The topological polar surface area (TPSA) is 46.3 Å². The summed E-state index contributed by atoms with van der Waals surface area (Å²) in [7, 11) is 0. The Bertz CT molecular complexity index is 282. The highest BCUT2D eigenvalue weighted by molar-refractivity contribution is 5.82. The molecule has 3 nitrogen and oxygen atoms in total. The summed E-state index contributed by atoms with van der Waals surface area (Å²) in [6.45, 7) is 7.54. The summed E-state index contributed by atoms with van der Waals surface area (Å²) >= 11 is 0. The standard InChI is InChI=1S/C12H23F3N2O/c1-8(2)6-17(7-12(13,14)15)10(18)9(16)11(3,4)5/h8-9H,6-7,16H2,1-5H3/t9-/m1/s1. The molecule has 6 heteroatoms. The van der Waals surface area contributed by atoms with Crippen LogP contribution in [0.25, 0.3) is 0 Å². The third-order valence-corrected chi connectivity index (χ3v) is 2.47. The van der Waals surface area contributed by atoms with E-state index in [-0.39, 0.29) is 12.5 Å². The van der Waals surface area contributed by atoms with Gasteiger partial charge in [-0.25, -0.2) is 0 Å². The van der Waals surface area contributed by atoms with Crippen molar-refractivity contribution in [2.75, 3.05) is 13.1 Å². The molecule has 0 aliphatic rings. The second-order valence-corrected chi connectivity index (χ2v) is 6.07. The number of hydrogen-bond donors (Lipinski definition) is 1. The first-order chi connectivity index (χ1) is 7.84.